The van der Waals surface area contributed by atoms with Crippen molar-refractivity contribution < 1.29 is 9.53 Å². The number of hydrogen-bond donors (Lipinski definition) is 0. The van der Waals surface area contributed by atoms with Gasteiger partial charge in [-0.2, -0.15) is 0 Å². The first kappa shape index (κ1) is 15.2. The fourth-order valence-corrected chi connectivity index (χ4v) is 1.67. The molecule has 0 aliphatic carbocycles. The van der Waals surface area contributed by atoms with Crippen LogP contribution < -0.4 is 4.74 Å². The molecule has 0 N–H and O–H groups in total. The van der Waals surface area contributed by atoms with Crippen molar-refractivity contribution >= 4 is 5.97 Å². The zero-order valence-corrected chi connectivity index (χ0v) is 12.2. The minimum Gasteiger partial charge on any atom is -0.423 e. The highest BCUT2D eigenvalue weighted by Gasteiger charge is 2.04. The summed E-state index contributed by atoms with van der Waals surface area (Å²) in [5, 5.41) is 0. The van der Waals surface area contributed by atoms with E-state index < -0.39 is 0 Å². The van der Waals surface area contributed by atoms with Crippen LogP contribution >= 0.6 is 0 Å². The maximum absolute atomic E-state index is 11.8. The van der Waals surface area contributed by atoms with Gasteiger partial charge in [-0.3, -0.25) is 0 Å². The van der Waals surface area contributed by atoms with Crippen LogP contribution in [0.5, 0.6) is 5.75 Å². The minimum absolute atomic E-state index is 0.302. The molecule has 2 heteroatoms. The molecule has 0 amide bonds. The minimum atomic E-state index is -0.302. The van der Waals surface area contributed by atoms with Gasteiger partial charge in [0.25, 0.3) is 0 Å². The molecule has 0 unspecified atom stereocenters. The Morgan fingerprint density at radius 2 is 1.89 bits per heavy atom. The van der Waals surface area contributed by atoms with Crippen LogP contribution in [0.15, 0.2) is 47.6 Å². The van der Waals surface area contributed by atoms with E-state index in [9.17, 15) is 4.79 Å². The summed E-state index contributed by atoms with van der Waals surface area (Å²) >= 11 is 0. The molecule has 19 heavy (non-hydrogen) atoms. The van der Waals surface area contributed by atoms with Gasteiger partial charge >= 0.3 is 5.97 Å². The van der Waals surface area contributed by atoms with Crippen LogP contribution in [-0.4, -0.2) is 5.97 Å². The van der Waals surface area contributed by atoms with E-state index in [0.29, 0.717) is 5.75 Å². The molecule has 0 heterocycles. The predicted octanol–water partition coefficient (Wildman–Crippen LogP) is 4.59. The Balaban J connectivity index is 2.54. The molecule has 0 bridgehead atoms. The first-order valence-corrected chi connectivity index (χ1v) is 6.57. The third kappa shape index (κ3) is 6.05. The van der Waals surface area contributed by atoms with Gasteiger partial charge in [-0.15, -0.1) is 0 Å². The summed E-state index contributed by atoms with van der Waals surface area (Å²) in [6.45, 7) is 8.03. The fourth-order valence-electron chi connectivity index (χ4n) is 1.67. The number of para-hydroxylation sites is 1. The lowest BCUT2D eigenvalue weighted by molar-refractivity contribution is -0.129. The Morgan fingerprint density at radius 1 is 1.21 bits per heavy atom. The number of benzene rings is 1. The van der Waals surface area contributed by atoms with Crippen molar-refractivity contribution in [3.05, 3.63) is 53.1 Å². The SMILES string of the molecule is CC(C)=CCC/C(C)=C/C(=O)Oc1ccccc1C. The number of hydrogen-bond acceptors (Lipinski definition) is 2. The van der Waals surface area contributed by atoms with Crippen LogP contribution in [-0.2, 0) is 4.79 Å². The summed E-state index contributed by atoms with van der Waals surface area (Å²) < 4.78 is 5.31. The molecule has 1 aromatic carbocycles. The Bertz CT molecular complexity index is 492. The van der Waals surface area contributed by atoms with Gasteiger partial charge in [-0.25, -0.2) is 4.79 Å². The lowest BCUT2D eigenvalue weighted by atomic mass is 10.1. The topological polar surface area (TPSA) is 26.3 Å². The summed E-state index contributed by atoms with van der Waals surface area (Å²) in [7, 11) is 0. The Kier molecular flexibility index (Phi) is 6.07. The van der Waals surface area contributed by atoms with Crippen LogP contribution in [0.25, 0.3) is 0 Å². The van der Waals surface area contributed by atoms with E-state index in [-0.39, 0.29) is 5.97 Å². The van der Waals surface area contributed by atoms with Crippen molar-refractivity contribution in [3.8, 4) is 5.75 Å². The Hall–Kier alpha value is -1.83. The van der Waals surface area contributed by atoms with Crippen molar-refractivity contribution in [2.45, 2.75) is 40.5 Å². The number of esters is 1. The highest BCUT2D eigenvalue weighted by molar-refractivity contribution is 5.84. The molecule has 1 aromatic rings. The molecule has 0 saturated carbocycles. The number of carbonyl (C=O) groups is 1. The van der Waals surface area contributed by atoms with Crippen LogP contribution in [0.3, 0.4) is 0 Å². The smallest absolute Gasteiger partial charge is 0.336 e. The lowest BCUT2D eigenvalue weighted by Gasteiger charge is -2.05. The number of carbonyl (C=O) groups excluding carboxylic acids is 1. The zero-order valence-electron chi connectivity index (χ0n) is 12.2. The van der Waals surface area contributed by atoms with E-state index in [1.54, 1.807) is 12.1 Å². The van der Waals surface area contributed by atoms with Gasteiger partial charge in [0.15, 0.2) is 0 Å². The molecule has 0 radical (unpaired) electrons. The average Bonchev–Trinajstić information content (AvgIpc) is 2.31. The molecule has 0 fully saturated rings. The second-order valence-electron chi connectivity index (χ2n) is 5.00. The third-order valence-electron chi connectivity index (χ3n) is 2.76. The first-order chi connectivity index (χ1) is 8.99. The number of ether oxygens (including phenoxy) is 1. The van der Waals surface area contributed by atoms with Crippen LogP contribution in [0.4, 0.5) is 0 Å². The lowest BCUT2D eigenvalue weighted by Crippen LogP contribution is -2.05. The Labute approximate surface area is 115 Å². The second kappa shape index (κ2) is 7.57. The van der Waals surface area contributed by atoms with Crippen molar-refractivity contribution in [3.63, 3.8) is 0 Å². The molecule has 0 saturated heterocycles. The van der Waals surface area contributed by atoms with Crippen LogP contribution in [0.1, 0.15) is 39.2 Å². The van der Waals surface area contributed by atoms with Gasteiger partial charge in [0.1, 0.15) is 5.75 Å². The zero-order chi connectivity index (χ0) is 14.3. The summed E-state index contributed by atoms with van der Waals surface area (Å²) in [6.07, 6.45) is 5.59. The van der Waals surface area contributed by atoms with E-state index >= 15 is 0 Å². The summed E-state index contributed by atoms with van der Waals surface area (Å²) in [6, 6.07) is 7.52. The molecule has 0 aliphatic heterocycles. The summed E-state index contributed by atoms with van der Waals surface area (Å²) in [5.41, 5.74) is 3.30. The number of aryl methyl sites for hydroxylation is 1. The van der Waals surface area contributed by atoms with Gasteiger partial charge in [0.05, 0.1) is 0 Å². The fraction of sp³-hybridized carbons (Fsp3) is 0.353. The number of allylic oxidation sites excluding steroid dienone is 3. The monoisotopic (exact) mass is 258 g/mol. The molecule has 0 atom stereocenters. The highest BCUT2D eigenvalue weighted by atomic mass is 16.5. The maximum Gasteiger partial charge on any atom is 0.336 e. The van der Waals surface area contributed by atoms with Crippen molar-refractivity contribution in [2.75, 3.05) is 0 Å². The van der Waals surface area contributed by atoms with Crippen molar-refractivity contribution in [1.82, 2.24) is 0 Å². The van der Waals surface area contributed by atoms with E-state index in [0.717, 1.165) is 24.0 Å². The number of rotatable bonds is 5. The molecular weight excluding hydrogens is 236 g/mol. The molecular formula is C17H22O2. The quantitative estimate of drug-likeness (QED) is 0.334. The van der Waals surface area contributed by atoms with Gasteiger partial charge < -0.3 is 4.74 Å². The molecule has 0 spiro atoms. The molecule has 0 aromatic heterocycles. The van der Waals surface area contributed by atoms with E-state index in [1.165, 1.54) is 5.57 Å². The molecule has 1 rings (SSSR count). The van der Waals surface area contributed by atoms with Crippen molar-refractivity contribution in [2.24, 2.45) is 0 Å². The maximum atomic E-state index is 11.8. The first-order valence-electron chi connectivity index (χ1n) is 6.57. The van der Waals surface area contributed by atoms with E-state index in [4.69, 9.17) is 4.74 Å². The van der Waals surface area contributed by atoms with Gasteiger partial charge in [-0.05, 0) is 52.2 Å². The average molecular weight is 258 g/mol. The largest absolute Gasteiger partial charge is 0.423 e. The summed E-state index contributed by atoms with van der Waals surface area (Å²) in [4.78, 5) is 11.8. The standard InChI is InChI=1S/C17H22O2/c1-13(2)8-7-9-14(3)12-17(18)19-16-11-6-5-10-15(16)4/h5-6,8,10-12H,7,9H2,1-4H3/b14-12+. The second-order valence-corrected chi connectivity index (χ2v) is 5.00. The van der Waals surface area contributed by atoms with Gasteiger partial charge in [0, 0.05) is 6.08 Å². The van der Waals surface area contributed by atoms with Crippen LogP contribution in [0.2, 0.25) is 0 Å². The Morgan fingerprint density at radius 3 is 2.53 bits per heavy atom. The molecule has 102 valence electrons. The van der Waals surface area contributed by atoms with Gasteiger partial charge in [0.2, 0.25) is 0 Å². The molecule has 0 aliphatic rings. The van der Waals surface area contributed by atoms with Gasteiger partial charge in [-0.1, -0.05) is 35.4 Å². The van der Waals surface area contributed by atoms with Crippen molar-refractivity contribution in [1.29, 1.82) is 0 Å². The van der Waals surface area contributed by atoms with E-state index in [1.807, 2.05) is 32.0 Å². The highest BCUT2D eigenvalue weighted by Crippen LogP contribution is 2.17. The third-order valence-corrected chi connectivity index (χ3v) is 2.76. The van der Waals surface area contributed by atoms with Crippen LogP contribution in [0, 0.1) is 6.92 Å². The molecule has 2 nitrogen and oxygen atoms in total. The van der Waals surface area contributed by atoms with E-state index in [2.05, 4.69) is 19.9 Å². The normalized spacial score (nSPS) is 11.1. The summed E-state index contributed by atoms with van der Waals surface area (Å²) in [5.74, 6) is 0.324. The predicted molar refractivity (Wildman–Crippen MR) is 79.2 cm³/mol.